The summed E-state index contributed by atoms with van der Waals surface area (Å²) in [5.41, 5.74) is 1.24. The summed E-state index contributed by atoms with van der Waals surface area (Å²) in [5, 5.41) is 3.14. The first-order valence-electron chi connectivity index (χ1n) is 8.13. The predicted molar refractivity (Wildman–Crippen MR) is 95.1 cm³/mol. The lowest BCUT2D eigenvalue weighted by atomic mass is 10.2. The molecule has 3 rings (SSSR count). The molecule has 130 valence electrons. The number of carbonyl (C=O) groups excluding carboxylic acids is 2. The largest absolute Gasteiger partial charge is 0.497 e. The maximum absolute atomic E-state index is 12.7. The van der Waals surface area contributed by atoms with Gasteiger partial charge in [0, 0.05) is 0 Å². The average Bonchev–Trinajstić information content (AvgIpc) is 2.90. The first-order valence-corrected chi connectivity index (χ1v) is 8.13. The Morgan fingerprint density at radius 2 is 1.84 bits per heavy atom. The van der Waals surface area contributed by atoms with E-state index in [9.17, 15) is 9.59 Å². The summed E-state index contributed by atoms with van der Waals surface area (Å²) in [6, 6.07) is 13.6. The first-order chi connectivity index (χ1) is 12.1. The predicted octanol–water partition coefficient (Wildman–Crippen LogP) is 2.84. The molecule has 0 aliphatic carbocycles. The molecule has 0 radical (unpaired) electrons. The van der Waals surface area contributed by atoms with Gasteiger partial charge in [-0.25, -0.2) is 4.90 Å². The number of hydrogen-bond donors (Lipinski definition) is 1. The topological polar surface area (TPSA) is 67.9 Å². The molecule has 2 aromatic rings. The van der Waals surface area contributed by atoms with Crippen LogP contribution in [0.25, 0.3) is 0 Å². The molecule has 0 aromatic heterocycles. The van der Waals surface area contributed by atoms with Gasteiger partial charge in [-0.15, -0.1) is 0 Å². The van der Waals surface area contributed by atoms with Crippen molar-refractivity contribution < 1.29 is 19.1 Å². The van der Waals surface area contributed by atoms with Crippen molar-refractivity contribution in [2.24, 2.45) is 0 Å². The highest BCUT2D eigenvalue weighted by Crippen LogP contribution is 2.29. The van der Waals surface area contributed by atoms with Gasteiger partial charge in [0.1, 0.15) is 17.5 Å². The summed E-state index contributed by atoms with van der Waals surface area (Å²) < 4.78 is 10.7. The monoisotopic (exact) mass is 340 g/mol. The first kappa shape index (κ1) is 16.8. The van der Waals surface area contributed by atoms with Gasteiger partial charge < -0.3 is 14.8 Å². The van der Waals surface area contributed by atoms with Crippen LogP contribution in [-0.4, -0.2) is 31.6 Å². The molecule has 1 heterocycles. The number of para-hydroxylation sites is 2. The van der Waals surface area contributed by atoms with E-state index in [0.29, 0.717) is 29.5 Å². The molecule has 1 aliphatic heterocycles. The molecule has 0 bridgehead atoms. The zero-order valence-electron chi connectivity index (χ0n) is 14.2. The summed E-state index contributed by atoms with van der Waals surface area (Å²) in [6.45, 7) is 2.42. The zero-order chi connectivity index (χ0) is 17.8. The second-order valence-electron chi connectivity index (χ2n) is 5.60. The van der Waals surface area contributed by atoms with E-state index in [-0.39, 0.29) is 18.2 Å². The fourth-order valence-corrected chi connectivity index (χ4v) is 2.80. The molecular formula is C19H20N2O4. The third kappa shape index (κ3) is 3.42. The normalized spacial score (nSPS) is 16.9. The van der Waals surface area contributed by atoms with Gasteiger partial charge in [-0.2, -0.15) is 0 Å². The van der Waals surface area contributed by atoms with Gasteiger partial charge in [-0.3, -0.25) is 9.59 Å². The van der Waals surface area contributed by atoms with Crippen LogP contribution in [0.5, 0.6) is 11.5 Å². The van der Waals surface area contributed by atoms with Gasteiger partial charge in [-0.05, 0) is 43.3 Å². The Hall–Kier alpha value is -3.02. The van der Waals surface area contributed by atoms with E-state index in [1.807, 2.05) is 31.2 Å². The molecule has 1 atom stereocenters. The van der Waals surface area contributed by atoms with Crippen LogP contribution < -0.4 is 19.7 Å². The van der Waals surface area contributed by atoms with E-state index in [4.69, 9.17) is 9.47 Å². The molecule has 1 N–H and O–H groups in total. The van der Waals surface area contributed by atoms with Gasteiger partial charge in [0.15, 0.2) is 0 Å². The number of rotatable bonds is 6. The van der Waals surface area contributed by atoms with E-state index >= 15 is 0 Å². The molecule has 0 saturated carbocycles. The van der Waals surface area contributed by atoms with Gasteiger partial charge in [0.05, 0.1) is 31.5 Å². The van der Waals surface area contributed by atoms with E-state index < -0.39 is 6.04 Å². The quantitative estimate of drug-likeness (QED) is 0.819. The van der Waals surface area contributed by atoms with Crippen LogP contribution in [0, 0.1) is 0 Å². The molecule has 6 nitrogen and oxygen atoms in total. The van der Waals surface area contributed by atoms with Crippen molar-refractivity contribution in [1.82, 2.24) is 0 Å². The van der Waals surface area contributed by atoms with Crippen LogP contribution in [0.1, 0.15) is 13.3 Å². The third-order valence-corrected chi connectivity index (χ3v) is 3.99. The average molecular weight is 340 g/mol. The number of imide groups is 1. The molecule has 2 amide bonds. The zero-order valence-corrected chi connectivity index (χ0v) is 14.2. The molecule has 1 saturated heterocycles. The number of hydrogen-bond acceptors (Lipinski definition) is 5. The van der Waals surface area contributed by atoms with Gasteiger partial charge in [-0.1, -0.05) is 12.1 Å². The molecular weight excluding hydrogens is 320 g/mol. The van der Waals surface area contributed by atoms with E-state index in [2.05, 4.69) is 5.32 Å². The van der Waals surface area contributed by atoms with E-state index in [1.165, 1.54) is 4.90 Å². The standard InChI is InChI=1S/C19H20N2O4/c1-3-25-17-7-5-4-6-15(17)20-16-12-18(22)21(19(16)23)13-8-10-14(24-2)11-9-13/h4-11,16,20H,3,12H2,1-2H3. The number of methoxy groups -OCH3 is 1. The Morgan fingerprint density at radius 3 is 2.52 bits per heavy atom. The Labute approximate surface area is 146 Å². The molecule has 1 aliphatic rings. The smallest absolute Gasteiger partial charge is 0.256 e. The summed E-state index contributed by atoms with van der Waals surface area (Å²) in [5.74, 6) is 0.819. The highest BCUT2D eigenvalue weighted by atomic mass is 16.5. The minimum atomic E-state index is -0.615. The van der Waals surface area contributed by atoms with Crippen LogP contribution in [0.15, 0.2) is 48.5 Å². The highest BCUT2D eigenvalue weighted by Gasteiger charge is 2.39. The maximum atomic E-state index is 12.7. The Kier molecular flexibility index (Phi) is 4.88. The van der Waals surface area contributed by atoms with Crippen molar-refractivity contribution in [1.29, 1.82) is 0 Å². The van der Waals surface area contributed by atoms with Gasteiger partial charge in [0.2, 0.25) is 5.91 Å². The third-order valence-electron chi connectivity index (χ3n) is 3.99. The number of nitrogens with zero attached hydrogens (tertiary/aromatic N) is 1. The van der Waals surface area contributed by atoms with Crippen LogP contribution >= 0.6 is 0 Å². The molecule has 0 spiro atoms. The number of amides is 2. The van der Waals surface area contributed by atoms with Crippen LogP contribution in [0.4, 0.5) is 11.4 Å². The van der Waals surface area contributed by atoms with Crippen molar-refractivity contribution in [3.63, 3.8) is 0 Å². The molecule has 6 heteroatoms. The lowest BCUT2D eigenvalue weighted by Crippen LogP contribution is -2.34. The molecule has 2 aromatic carbocycles. The Morgan fingerprint density at radius 1 is 1.12 bits per heavy atom. The lowest BCUT2D eigenvalue weighted by Gasteiger charge is -2.18. The van der Waals surface area contributed by atoms with Crippen molar-refractivity contribution in [3.05, 3.63) is 48.5 Å². The Balaban J connectivity index is 1.79. The van der Waals surface area contributed by atoms with Crippen LogP contribution in [0.3, 0.4) is 0 Å². The van der Waals surface area contributed by atoms with Crippen molar-refractivity contribution in [3.8, 4) is 11.5 Å². The van der Waals surface area contributed by atoms with Crippen molar-refractivity contribution >= 4 is 23.2 Å². The summed E-state index contributed by atoms with van der Waals surface area (Å²) in [4.78, 5) is 26.3. The number of ether oxygens (including phenoxy) is 2. The van der Waals surface area contributed by atoms with Gasteiger partial charge in [0.25, 0.3) is 5.91 Å². The highest BCUT2D eigenvalue weighted by molar-refractivity contribution is 6.23. The number of carbonyl (C=O) groups is 2. The van der Waals surface area contributed by atoms with Crippen molar-refractivity contribution in [2.45, 2.75) is 19.4 Å². The second kappa shape index (κ2) is 7.25. The fourth-order valence-electron chi connectivity index (χ4n) is 2.80. The second-order valence-corrected chi connectivity index (χ2v) is 5.60. The maximum Gasteiger partial charge on any atom is 0.256 e. The van der Waals surface area contributed by atoms with Crippen LogP contribution in [-0.2, 0) is 9.59 Å². The van der Waals surface area contributed by atoms with E-state index in [0.717, 1.165) is 0 Å². The lowest BCUT2D eigenvalue weighted by molar-refractivity contribution is -0.121. The Bertz CT molecular complexity index is 773. The van der Waals surface area contributed by atoms with Gasteiger partial charge >= 0.3 is 0 Å². The summed E-state index contributed by atoms with van der Waals surface area (Å²) >= 11 is 0. The van der Waals surface area contributed by atoms with Crippen molar-refractivity contribution in [2.75, 3.05) is 23.9 Å². The van der Waals surface area contributed by atoms with Crippen LogP contribution in [0.2, 0.25) is 0 Å². The minimum absolute atomic E-state index is 0.103. The number of nitrogens with one attached hydrogen (secondary N) is 1. The fraction of sp³-hybridized carbons (Fsp3) is 0.263. The minimum Gasteiger partial charge on any atom is -0.497 e. The summed E-state index contributed by atoms with van der Waals surface area (Å²) in [6.07, 6.45) is 0.103. The summed E-state index contributed by atoms with van der Waals surface area (Å²) in [7, 11) is 1.57. The molecule has 1 fully saturated rings. The number of benzene rings is 2. The SMILES string of the molecule is CCOc1ccccc1NC1CC(=O)N(c2ccc(OC)cc2)C1=O. The van der Waals surface area contributed by atoms with E-state index in [1.54, 1.807) is 31.4 Å². The molecule has 25 heavy (non-hydrogen) atoms. The number of anilines is 2. The molecule has 1 unspecified atom stereocenters.